The Morgan fingerprint density at radius 2 is 1.84 bits per heavy atom. The van der Waals surface area contributed by atoms with E-state index in [9.17, 15) is 9.59 Å². The van der Waals surface area contributed by atoms with Crippen molar-refractivity contribution in [1.29, 1.82) is 0 Å². The number of amides is 2. The Labute approximate surface area is 221 Å². The van der Waals surface area contributed by atoms with Gasteiger partial charge in [-0.25, -0.2) is 4.98 Å². The highest BCUT2D eigenvalue weighted by Crippen LogP contribution is 2.30. The molecule has 37 heavy (non-hydrogen) atoms. The molecule has 3 aliphatic rings. The Morgan fingerprint density at radius 1 is 1.08 bits per heavy atom. The number of benzene rings is 1. The van der Waals surface area contributed by atoms with Gasteiger partial charge >= 0.3 is 0 Å². The number of aromatic nitrogens is 2. The summed E-state index contributed by atoms with van der Waals surface area (Å²) in [6.07, 6.45) is 12.8. The minimum Gasteiger partial charge on any atom is -0.350 e. The van der Waals surface area contributed by atoms with Crippen LogP contribution in [0.3, 0.4) is 0 Å². The van der Waals surface area contributed by atoms with Crippen LogP contribution in [0.5, 0.6) is 0 Å². The van der Waals surface area contributed by atoms with Crippen LogP contribution in [0.15, 0.2) is 24.5 Å². The van der Waals surface area contributed by atoms with Crippen LogP contribution in [0, 0.1) is 19.8 Å². The fourth-order valence-electron chi connectivity index (χ4n) is 6.54. The number of carbonyl (C=O) groups is 2. The molecule has 2 fully saturated rings. The Morgan fingerprint density at radius 3 is 2.62 bits per heavy atom. The first-order valence-electron chi connectivity index (χ1n) is 14.3. The smallest absolute Gasteiger partial charge is 0.243 e. The average Bonchev–Trinajstić information content (AvgIpc) is 3.55. The molecule has 1 aromatic carbocycles. The van der Waals surface area contributed by atoms with Crippen LogP contribution in [-0.4, -0.2) is 44.4 Å². The molecule has 3 atom stereocenters. The van der Waals surface area contributed by atoms with Crippen LogP contribution in [0.1, 0.15) is 92.3 Å². The van der Waals surface area contributed by atoms with Gasteiger partial charge in [-0.1, -0.05) is 62.3 Å². The summed E-state index contributed by atoms with van der Waals surface area (Å²) in [5.74, 6) is 0.656. The van der Waals surface area contributed by atoms with Gasteiger partial charge in [0.15, 0.2) is 0 Å². The second kappa shape index (κ2) is 11.4. The van der Waals surface area contributed by atoms with Gasteiger partial charge in [0, 0.05) is 31.5 Å². The summed E-state index contributed by atoms with van der Waals surface area (Å²) >= 11 is 0. The minimum absolute atomic E-state index is 0.0138. The molecule has 1 aliphatic heterocycles. The SMILES string of the molecule is Cc1ccc(C)c(Cn2cnc3c2CN(C(=O)CCC2CCCC2)C(C(=O)NC2CCCCC2N)C3)c1. The van der Waals surface area contributed by atoms with Gasteiger partial charge in [0.25, 0.3) is 0 Å². The number of nitrogens with two attached hydrogens (primary N) is 1. The van der Waals surface area contributed by atoms with Gasteiger partial charge in [0.05, 0.1) is 24.3 Å². The monoisotopic (exact) mass is 505 g/mol. The highest BCUT2D eigenvalue weighted by atomic mass is 16.2. The van der Waals surface area contributed by atoms with Gasteiger partial charge < -0.3 is 20.5 Å². The summed E-state index contributed by atoms with van der Waals surface area (Å²) < 4.78 is 2.17. The zero-order valence-electron chi connectivity index (χ0n) is 22.5. The lowest BCUT2D eigenvalue weighted by molar-refractivity contribution is -0.142. The lowest BCUT2D eigenvalue weighted by Crippen LogP contribution is -2.57. The molecule has 2 amide bonds. The minimum atomic E-state index is -0.526. The molecule has 200 valence electrons. The summed E-state index contributed by atoms with van der Waals surface area (Å²) in [6.45, 7) is 5.39. The number of rotatable bonds is 7. The van der Waals surface area contributed by atoms with Gasteiger partial charge in [0.2, 0.25) is 11.8 Å². The maximum absolute atomic E-state index is 13.6. The molecular formula is C30H43N5O2. The quantitative estimate of drug-likeness (QED) is 0.591. The first-order chi connectivity index (χ1) is 17.9. The van der Waals surface area contributed by atoms with Crippen molar-refractivity contribution in [3.05, 3.63) is 52.6 Å². The summed E-state index contributed by atoms with van der Waals surface area (Å²) in [5.41, 5.74) is 12.0. The molecule has 7 nitrogen and oxygen atoms in total. The van der Waals surface area contributed by atoms with Crippen molar-refractivity contribution in [3.8, 4) is 0 Å². The highest BCUT2D eigenvalue weighted by molar-refractivity contribution is 5.88. The first kappa shape index (κ1) is 26.0. The molecule has 0 bridgehead atoms. The zero-order chi connectivity index (χ0) is 25.9. The number of imidazole rings is 1. The van der Waals surface area contributed by atoms with E-state index in [1.54, 1.807) is 0 Å². The number of hydrogen-bond acceptors (Lipinski definition) is 4. The van der Waals surface area contributed by atoms with Crippen molar-refractivity contribution in [3.63, 3.8) is 0 Å². The third-order valence-corrected chi connectivity index (χ3v) is 8.97. The zero-order valence-corrected chi connectivity index (χ0v) is 22.5. The molecule has 2 aromatic rings. The molecule has 3 unspecified atom stereocenters. The Balaban J connectivity index is 1.36. The number of nitrogens with zero attached hydrogens (tertiary/aromatic N) is 3. The predicted octanol–water partition coefficient (Wildman–Crippen LogP) is 4.16. The van der Waals surface area contributed by atoms with Crippen LogP contribution < -0.4 is 11.1 Å². The fraction of sp³-hybridized carbons (Fsp3) is 0.633. The molecule has 7 heteroatoms. The second-order valence-corrected chi connectivity index (χ2v) is 11.7. The number of nitrogens with one attached hydrogen (secondary N) is 1. The maximum Gasteiger partial charge on any atom is 0.243 e. The summed E-state index contributed by atoms with van der Waals surface area (Å²) in [5, 5.41) is 3.22. The Hall–Kier alpha value is -2.67. The van der Waals surface area contributed by atoms with Crippen LogP contribution >= 0.6 is 0 Å². The lowest BCUT2D eigenvalue weighted by atomic mass is 9.90. The van der Waals surface area contributed by atoms with Crippen LogP contribution in [0.25, 0.3) is 0 Å². The lowest BCUT2D eigenvalue weighted by Gasteiger charge is -2.37. The van der Waals surface area contributed by atoms with Crippen LogP contribution in [-0.2, 0) is 29.1 Å². The van der Waals surface area contributed by atoms with Gasteiger partial charge in [-0.15, -0.1) is 0 Å². The van der Waals surface area contributed by atoms with Crippen molar-refractivity contribution in [2.75, 3.05) is 0 Å². The van der Waals surface area contributed by atoms with E-state index >= 15 is 0 Å². The molecule has 0 spiro atoms. The standard InChI is InChI=1S/C30H43N5O2/c1-20-11-12-21(2)23(15-20)17-34-19-32-26-16-27(30(37)33-25-10-6-5-9-24(25)31)35(18-28(26)34)29(36)14-13-22-7-3-4-8-22/h11-12,15,19,22,24-25,27H,3-10,13-14,16-18,31H2,1-2H3,(H,33,37). The molecule has 0 radical (unpaired) electrons. The third-order valence-electron chi connectivity index (χ3n) is 8.97. The topological polar surface area (TPSA) is 93.2 Å². The van der Waals surface area contributed by atoms with Crippen molar-refractivity contribution < 1.29 is 9.59 Å². The average molecular weight is 506 g/mol. The predicted molar refractivity (Wildman–Crippen MR) is 145 cm³/mol. The van der Waals surface area contributed by atoms with E-state index in [0.29, 0.717) is 31.8 Å². The molecule has 2 aliphatic carbocycles. The molecule has 3 N–H and O–H groups in total. The fourth-order valence-corrected chi connectivity index (χ4v) is 6.54. The van der Waals surface area contributed by atoms with E-state index in [1.165, 1.54) is 42.4 Å². The van der Waals surface area contributed by atoms with Crippen molar-refractivity contribution in [2.45, 2.75) is 116 Å². The second-order valence-electron chi connectivity index (χ2n) is 11.7. The highest BCUT2D eigenvalue weighted by Gasteiger charge is 2.38. The molecule has 5 rings (SSSR count). The van der Waals surface area contributed by atoms with E-state index < -0.39 is 6.04 Å². The number of carbonyl (C=O) groups excluding carboxylic acids is 2. The maximum atomic E-state index is 13.6. The van der Waals surface area contributed by atoms with E-state index in [0.717, 1.165) is 43.5 Å². The first-order valence-corrected chi connectivity index (χ1v) is 14.3. The third kappa shape index (κ3) is 5.92. The normalized spacial score (nSPS) is 24.2. The summed E-state index contributed by atoms with van der Waals surface area (Å²) in [4.78, 5) is 33.8. The van der Waals surface area contributed by atoms with E-state index in [4.69, 9.17) is 10.7 Å². The summed E-state index contributed by atoms with van der Waals surface area (Å²) in [6, 6.07) is 5.96. The van der Waals surface area contributed by atoms with Crippen molar-refractivity contribution >= 4 is 11.8 Å². The van der Waals surface area contributed by atoms with Crippen LogP contribution in [0.4, 0.5) is 0 Å². The van der Waals surface area contributed by atoms with Crippen molar-refractivity contribution in [1.82, 2.24) is 19.8 Å². The molecule has 0 saturated heterocycles. The Kier molecular flexibility index (Phi) is 7.98. The van der Waals surface area contributed by atoms with Crippen molar-refractivity contribution in [2.24, 2.45) is 11.7 Å². The number of fused-ring (bicyclic) bond motifs is 1. The largest absolute Gasteiger partial charge is 0.350 e. The van der Waals surface area contributed by atoms with E-state index in [1.807, 2.05) is 11.2 Å². The molecule has 1 aromatic heterocycles. The molecule has 2 heterocycles. The number of hydrogen-bond donors (Lipinski definition) is 2. The Bertz CT molecular complexity index is 1120. The van der Waals surface area contributed by atoms with Gasteiger partial charge in [0.1, 0.15) is 6.04 Å². The number of aryl methyl sites for hydroxylation is 2. The van der Waals surface area contributed by atoms with Gasteiger partial charge in [-0.3, -0.25) is 9.59 Å². The van der Waals surface area contributed by atoms with Gasteiger partial charge in [-0.05, 0) is 50.2 Å². The van der Waals surface area contributed by atoms with E-state index in [2.05, 4.69) is 41.9 Å². The van der Waals surface area contributed by atoms with Gasteiger partial charge in [-0.2, -0.15) is 0 Å². The summed E-state index contributed by atoms with van der Waals surface area (Å²) in [7, 11) is 0. The van der Waals surface area contributed by atoms with E-state index in [-0.39, 0.29) is 23.9 Å². The molecular weight excluding hydrogens is 462 g/mol. The van der Waals surface area contributed by atoms with Crippen LogP contribution in [0.2, 0.25) is 0 Å². The molecule has 2 saturated carbocycles.